The second-order valence-electron chi connectivity index (χ2n) is 3.77. The van der Waals surface area contributed by atoms with Gasteiger partial charge in [-0.15, -0.1) is 0 Å². The molecule has 1 saturated heterocycles. The SMILES string of the molecule is Clc1ccc([C@H]2CN3CCSC3=N2)cc1. The summed E-state index contributed by atoms with van der Waals surface area (Å²) in [5, 5.41) is 2.01. The van der Waals surface area contributed by atoms with Crippen LogP contribution in [-0.4, -0.2) is 28.9 Å². The predicted molar refractivity (Wildman–Crippen MR) is 65.7 cm³/mol. The largest absolute Gasteiger partial charge is 0.348 e. The Labute approximate surface area is 98.3 Å². The highest BCUT2D eigenvalue weighted by atomic mass is 35.5. The van der Waals surface area contributed by atoms with Gasteiger partial charge in [-0.1, -0.05) is 35.5 Å². The second kappa shape index (κ2) is 3.72. The monoisotopic (exact) mass is 238 g/mol. The minimum atomic E-state index is 0.310. The fraction of sp³-hybridized carbons (Fsp3) is 0.364. The molecular weight excluding hydrogens is 228 g/mol. The van der Waals surface area contributed by atoms with Gasteiger partial charge >= 0.3 is 0 Å². The average Bonchev–Trinajstić information content (AvgIpc) is 2.78. The summed E-state index contributed by atoms with van der Waals surface area (Å²) in [6, 6.07) is 8.33. The highest BCUT2D eigenvalue weighted by Crippen LogP contribution is 2.32. The molecule has 3 rings (SSSR count). The molecule has 2 nitrogen and oxygen atoms in total. The minimum absolute atomic E-state index is 0.310. The zero-order valence-corrected chi connectivity index (χ0v) is 9.76. The van der Waals surface area contributed by atoms with Crippen molar-refractivity contribution in [2.75, 3.05) is 18.8 Å². The summed E-state index contributed by atoms with van der Waals surface area (Å²) in [7, 11) is 0. The summed E-state index contributed by atoms with van der Waals surface area (Å²) >= 11 is 7.73. The number of benzene rings is 1. The summed E-state index contributed by atoms with van der Waals surface area (Å²) in [4.78, 5) is 7.08. The van der Waals surface area contributed by atoms with Crippen molar-refractivity contribution in [1.82, 2.24) is 4.90 Å². The lowest BCUT2D eigenvalue weighted by molar-refractivity contribution is 0.464. The van der Waals surface area contributed by atoms with E-state index >= 15 is 0 Å². The van der Waals surface area contributed by atoms with Crippen LogP contribution in [0, 0.1) is 0 Å². The van der Waals surface area contributed by atoms with E-state index in [0.29, 0.717) is 6.04 Å². The van der Waals surface area contributed by atoms with Gasteiger partial charge in [-0.05, 0) is 17.7 Å². The minimum Gasteiger partial charge on any atom is -0.348 e. The molecule has 4 heteroatoms. The number of amidine groups is 1. The lowest BCUT2D eigenvalue weighted by Gasteiger charge is -2.12. The fourth-order valence-electron chi connectivity index (χ4n) is 1.97. The summed E-state index contributed by atoms with van der Waals surface area (Å²) in [6.07, 6.45) is 0. The normalized spacial score (nSPS) is 24.2. The molecule has 0 aliphatic carbocycles. The van der Waals surface area contributed by atoms with Gasteiger partial charge in [0.25, 0.3) is 0 Å². The van der Waals surface area contributed by atoms with Crippen LogP contribution in [0.4, 0.5) is 0 Å². The van der Waals surface area contributed by atoms with Gasteiger partial charge in [0.1, 0.15) is 0 Å². The Bertz CT molecular complexity index is 402. The van der Waals surface area contributed by atoms with E-state index in [1.54, 1.807) is 0 Å². The molecular formula is C11H11ClN2S. The smallest absolute Gasteiger partial charge is 0.160 e. The first kappa shape index (κ1) is 9.55. The lowest BCUT2D eigenvalue weighted by atomic mass is 10.1. The standard InChI is InChI=1S/C11H11ClN2S/c12-9-3-1-8(2-4-9)10-7-14-5-6-15-11(14)13-10/h1-4,10H,5-7H2/t10-/m1/s1. The molecule has 1 aromatic rings. The molecule has 2 aliphatic heterocycles. The van der Waals surface area contributed by atoms with Crippen LogP contribution in [-0.2, 0) is 0 Å². The van der Waals surface area contributed by atoms with E-state index in [4.69, 9.17) is 16.6 Å². The second-order valence-corrected chi connectivity index (χ2v) is 5.27. The Morgan fingerprint density at radius 1 is 1.33 bits per heavy atom. The van der Waals surface area contributed by atoms with Crippen molar-refractivity contribution in [3.63, 3.8) is 0 Å². The van der Waals surface area contributed by atoms with Crippen LogP contribution >= 0.6 is 23.4 Å². The van der Waals surface area contributed by atoms with Gasteiger partial charge < -0.3 is 4.90 Å². The van der Waals surface area contributed by atoms with Crippen molar-refractivity contribution in [1.29, 1.82) is 0 Å². The summed E-state index contributed by atoms with van der Waals surface area (Å²) in [5.41, 5.74) is 1.27. The predicted octanol–water partition coefficient (Wildman–Crippen LogP) is 2.80. The maximum Gasteiger partial charge on any atom is 0.160 e. The van der Waals surface area contributed by atoms with Crippen molar-refractivity contribution in [3.8, 4) is 0 Å². The molecule has 0 aromatic heterocycles. The third-order valence-corrected chi connectivity index (χ3v) is 4.04. The molecule has 2 aliphatic rings. The maximum atomic E-state index is 5.86. The van der Waals surface area contributed by atoms with Crippen molar-refractivity contribution >= 4 is 28.5 Å². The molecule has 0 N–H and O–H groups in total. The van der Waals surface area contributed by atoms with Gasteiger partial charge in [-0.25, -0.2) is 0 Å². The van der Waals surface area contributed by atoms with Crippen molar-refractivity contribution in [3.05, 3.63) is 34.9 Å². The first-order valence-corrected chi connectivity index (χ1v) is 6.40. The van der Waals surface area contributed by atoms with Crippen LogP contribution in [0.15, 0.2) is 29.3 Å². The van der Waals surface area contributed by atoms with E-state index in [2.05, 4.69) is 17.0 Å². The number of nitrogens with zero attached hydrogens (tertiary/aromatic N) is 2. The van der Waals surface area contributed by atoms with Gasteiger partial charge in [0.05, 0.1) is 6.04 Å². The van der Waals surface area contributed by atoms with Crippen molar-refractivity contribution < 1.29 is 0 Å². The lowest BCUT2D eigenvalue weighted by Crippen LogP contribution is -2.21. The van der Waals surface area contributed by atoms with Crippen LogP contribution in [0.3, 0.4) is 0 Å². The van der Waals surface area contributed by atoms with Crippen LogP contribution < -0.4 is 0 Å². The number of fused-ring (bicyclic) bond motifs is 1. The molecule has 0 bridgehead atoms. The molecule has 0 amide bonds. The van der Waals surface area contributed by atoms with Crippen LogP contribution in [0.5, 0.6) is 0 Å². The third kappa shape index (κ3) is 1.74. The Morgan fingerprint density at radius 2 is 2.13 bits per heavy atom. The Balaban J connectivity index is 1.85. The summed E-state index contributed by atoms with van der Waals surface area (Å²) < 4.78 is 0. The van der Waals surface area contributed by atoms with E-state index in [-0.39, 0.29) is 0 Å². The molecule has 0 saturated carbocycles. The number of hydrogen-bond donors (Lipinski definition) is 0. The number of rotatable bonds is 1. The quantitative estimate of drug-likeness (QED) is 0.748. The molecule has 1 atom stereocenters. The number of hydrogen-bond acceptors (Lipinski definition) is 3. The van der Waals surface area contributed by atoms with E-state index < -0.39 is 0 Å². The Hall–Kier alpha value is -0.670. The molecule has 1 fully saturated rings. The van der Waals surface area contributed by atoms with E-state index in [0.717, 1.165) is 18.1 Å². The number of aliphatic imine (C=N–C) groups is 1. The summed E-state index contributed by atoms with van der Waals surface area (Å²) in [5.74, 6) is 1.19. The highest BCUT2D eigenvalue weighted by Gasteiger charge is 2.29. The molecule has 1 aromatic carbocycles. The molecule has 15 heavy (non-hydrogen) atoms. The topological polar surface area (TPSA) is 15.6 Å². The highest BCUT2D eigenvalue weighted by molar-refractivity contribution is 8.14. The van der Waals surface area contributed by atoms with Gasteiger partial charge in [0.2, 0.25) is 0 Å². The van der Waals surface area contributed by atoms with Crippen molar-refractivity contribution in [2.24, 2.45) is 4.99 Å². The van der Waals surface area contributed by atoms with Gasteiger partial charge in [0, 0.05) is 23.9 Å². The van der Waals surface area contributed by atoms with E-state index in [1.165, 1.54) is 16.5 Å². The average molecular weight is 239 g/mol. The zero-order valence-electron chi connectivity index (χ0n) is 8.19. The number of halogens is 1. The Kier molecular flexibility index (Phi) is 2.37. The van der Waals surface area contributed by atoms with Crippen molar-refractivity contribution in [2.45, 2.75) is 6.04 Å². The Morgan fingerprint density at radius 3 is 2.87 bits per heavy atom. The van der Waals surface area contributed by atoms with Gasteiger partial charge in [0.15, 0.2) is 5.17 Å². The molecule has 0 unspecified atom stereocenters. The molecule has 0 spiro atoms. The zero-order chi connectivity index (χ0) is 10.3. The number of thioether (sulfide) groups is 1. The van der Waals surface area contributed by atoms with Crippen LogP contribution in [0.1, 0.15) is 11.6 Å². The van der Waals surface area contributed by atoms with Crippen LogP contribution in [0.25, 0.3) is 0 Å². The van der Waals surface area contributed by atoms with Crippen LogP contribution in [0.2, 0.25) is 5.02 Å². The maximum absolute atomic E-state index is 5.86. The molecule has 0 radical (unpaired) electrons. The van der Waals surface area contributed by atoms with Gasteiger partial charge in [-0.3, -0.25) is 4.99 Å². The van der Waals surface area contributed by atoms with E-state index in [9.17, 15) is 0 Å². The fourth-order valence-corrected chi connectivity index (χ4v) is 3.14. The molecule has 78 valence electrons. The van der Waals surface area contributed by atoms with E-state index in [1.807, 2.05) is 23.9 Å². The van der Waals surface area contributed by atoms with Gasteiger partial charge in [-0.2, -0.15) is 0 Å². The first-order chi connectivity index (χ1) is 7.33. The molecule has 2 heterocycles. The first-order valence-electron chi connectivity index (χ1n) is 5.04. The summed E-state index contributed by atoms with van der Waals surface area (Å²) in [6.45, 7) is 2.18. The third-order valence-electron chi connectivity index (χ3n) is 2.78.